The van der Waals surface area contributed by atoms with E-state index in [0.717, 1.165) is 51.4 Å². The molecule has 0 bridgehead atoms. The highest BCUT2D eigenvalue weighted by Crippen LogP contribution is 2.21. The van der Waals surface area contributed by atoms with Crippen molar-refractivity contribution in [2.45, 2.75) is 38.8 Å². The van der Waals surface area contributed by atoms with Crippen LogP contribution in [0.1, 0.15) is 31.5 Å². The van der Waals surface area contributed by atoms with Crippen molar-refractivity contribution in [3.8, 4) is 0 Å². The molecule has 1 aromatic heterocycles. The molecule has 3 aliphatic heterocycles. The van der Waals surface area contributed by atoms with Gasteiger partial charge in [0, 0.05) is 51.0 Å². The molecule has 23 heavy (non-hydrogen) atoms. The molecule has 2 saturated heterocycles. The lowest BCUT2D eigenvalue weighted by molar-refractivity contribution is 0.144. The second-order valence-electron chi connectivity index (χ2n) is 7.23. The smallest absolute Gasteiger partial charge is 0.320 e. The Hall–Kier alpha value is -1.56. The third kappa shape index (κ3) is 3.22. The number of nitrogens with zero attached hydrogens (tertiary/aromatic N) is 5. The van der Waals surface area contributed by atoms with Gasteiger partial charge >= 0.3 is 6.03 Å². The number of carbonyl (C=O) groups excluding carboxylic acids is 1. The summed E-state index contributed by atoms with van der Waals surface area (Å²) in [6.07, 6.45) is 8.86. The summed E-state index contributed by atoms with van der Waals surface area (Å²) in [5, 5.41) is 0. The third-order valence-electron chi connectivity index (χ3n) is 5.43. The number of urea groups is 1. The molecule has 0 spiro atoms. The number of rotatable bonds is 2. The van der Waals surface area contributed by atoms with E-state index in [1.54, 1.807) is 0 Å². The maximum Gasteiger partial charge on any atom is 0.320 e. The third-order valence-corrected chi connectivity index (χ3v) is 5.43. The topological polar surface area (TPSA) is 44.6 Å². The molecule has 4 rings (SSSR count). The fraction of sp³-hybridized carbons (Fsp3) is 0.765. The van der Waals surface area contributed by atoms with E-state index in [1.165, 1.54) is 25.9 Å². The van der Waals surface area contributed by atoms with Crippen molar-refractivity contribution in [2.75, 3.05) is 39.3 Å². The van der Waals surface area contributed by atoms with E-state index in [9.17, 15) is 4.79 Å². The number of hydrogen-bond acceptors (Lipinski definition) is 3. The lowest BCUT2D eigenvalue weighted by Gasteiger charge is -2.30. The minimum atomic E-state index is 0.213. The molecule has 6 heteroatoms. The maximum absolute atomic E-state index is 12.9. The van der Waals surface area contributed by atoms with Crippen LogP contribution in [-0.2, 0) is 13.1 Å². The molecule has 4 heterocycles. The van der Waals surface area contributed by atoms with Crippen LogP contribution < -0.4 is 0 Å². The van der Waals surface area contributed by atoms with Gasteiger partial charge in [-0.25, -0.2) is 9.78 Å². The van der Waals surface area contributed by atoms with Crippen molar-refractivity contribution < 1.29 is 4.79 Å². The normalized spacial score (nSPS) is 25.7. The summed E-state index contributed by atoms with van der Waals surface area (Å²) in [7, 11) is 0. The first kappa shape index (κ1) is 15.0. The highest BCUT2D eigenvalue weighted by Gasteiger charge is 2.30. The fourth-order valence-corrected chi connectivity index (χ4v) is 4.24. The van der Waals surface area contributed by atoms with Crippen LogP contribution in [0.5, 0.6) is 0 Å². The Kier molecular flexibility index (Phi) is 4.25. The number of aromatic nitrogens is 2. The van der Waals surface area contributed by atoms with Gasteiger partial charge in [-0.15, -0.1) is 0 Å². The minimum absolute atomic E-state index is 0.213. The van der Waals surface area contributed by atoms with Crippen LogP contribution in [0.2, 0.25) is 0 Å². The number of fused-ring (bicyclic) bond motifs is 1. The standard InChI is InChI=1S/C17H27N5O/c23-17(20-8-3-4-9-20)22-13-15(11-19-6-1-2-7-19)12-21-10-5-18-16(21)14-22/h5,10,15H,1-4,6-9,11-14H2. The van der Waals surface area contributed by atoms with Gasteiger partial charge in [-0.2, -0.15) is 0 Å². The summed E-state index contributed by atoms with van der Waals surface area (Å²) >= 11 is 0. The molecule has 2 amide bonds. The highest BCUT2D eigenvalue weighted by molar-refractivity contribution is 5.74. The Balaban J connectivity index is 1.50. The number of carbonyl (C=O) groups is 1. The molecule has 0 aliphatic carbocycles. The predicted molar refractivity (Wildman–Crippen MR) is 88.0 cm³/mol. The summed E-state index contributed by atoms with van der Waals surface area (Å²) in [6.45, 7) is 7.85. The second-order valence-corrected chi connectivity index (χ2v) is 7.23. The summed E-state index contributed by atoms with van der Waals surface area (Å²) < 4.78 is 2.25. The lowest BCUT2D eigenvalue weighted by Crippen LogP contribution is -2.44. The van der Waals surface area contributed by atoms with Crippen LogP contribution in [0.3, 0.4) is 0 Å². The predicted octanol–water partition coefficient (Wildman–Crippen LogP) is 1.63. The molecular weight excluding hydrogens is 290 g/mol. The van der Waals surface area contributed by atoms with Crippen molar-refractivity contribution in [2.24, 2.45) is 5.92 Å². The van der Waals surface area contributed by atoms with E-state index >= 15 is 0 Å². The van der Waals surface area contributed by atoms with Gasteiger partial charge in [0.2, 0.25) is 0 Å². The van der Waals surface area contributed by atoms with Crippen LogP contribution in [0.25, 0.3) is 0 Å². The van der Waals surface area contributed by atoms with E-state index in [-0.39, 0.29) is 6.03 Å². The lowest BCUT2D eigenvalue weighted by atomic mass is 10.1. The Morgan fingerprint density at radius 3 is 2.57 bits per heavy atom. The Morgan fingerprint density at radius 1 is 1.04 bits per heavy atom. The van der Waals surface area contributed by atoms with Gasteiger partial charge in [-0.3, -0.25) is 0 Å². The van der Waals surface area contributed by atoms with E-state index in [4.69, 9.17) is 0 Å². The second kappa shape index (κ2) is 6.51. The molecule has 1 atom stereocenters. The van der Waals surface area contributed by atoms with Crippen LogP contribution in [0.15, 0.2) is 12.4 Å². The first-order valence-electron chi connectivity index (χ1n) is 9.06. The molecule has 6 nitrogen and oxygen atoms in total. The summed E-state index contributed by atoms with van der Waals surface area (Å²) in [4.78, 5) is 24.0. The molecule has 0 saturated carbocycles. The summed E-state index contributed by atoms with van der Waals surface area (Å²) in [5.41, 5.74) is 0. The Bertz CT molecular complexity index is 545. The van der Waals surface area contributed by atoms with Crippen LogP contribution in [0.4, 0.5) is 4.79 Å². The zero-order chi connectivity index (χ0) is 15.6. The molecule has 0 aromatic carbocycles. The van der Waals surface area contributed by atoms with Gasteiger partial charge < -0.3 is 19.3 Å². The summed E-state index contributed by atoms with van der Waals surface area (Å²) in [5.74, 6) is 1.52. The van der Waals surface area contributed by atoms with Crippen LogP contribution >= 0.6 is 0 Å². The van der Waals surface area contributed by atoms with Crippen LogP contribution in [0, 0.1) is 5.92 Å². The number of likely N-dealkylation sites (tertiary alicyclic amines) is 2. The number of imidazole rings is 1. The van der Waals surface area contributed by atoms with E-state index < -0.39 is 0 Å². The largest absolute Gasteiger partial charge is 0.333 e. The molecule has 0 N–H and O–H groups in total. The summed E-state index contributed by atoms with van der Waals surface area (Å²) in [6, 6.07) is 0.213. The molecule has 1 unspecified atom stereocenters. The van der Waals surface area contributed by atoms with Crippen molar-refractivity contribution >= 4 is 6.03 Å². The van der Waals surface area contributed by atoms with Crippen molar-refractivity contribution in [1.82, 2.24) is 24.3 Å². The molecule has 1 aromatic rings. The molecule has 3 aliphatic rings. The quantitative estimate of drug-likeness (QED) is 0.833. The number of amides is 2. The average molecular weight is 317 g/mol. The van der Waals surface area contributed by atoms with Crippen molar-refractivity contribution in [3.63, 3.8) is 0 Å². The molecule has 2 fully saturated rings. The highest BCUT2D eigenvalue weighted by atomic mass is 16.2. The van der Waals surface area contributed by atoms with Gasteiger partial charge in [0.15, 0.2) is 0 Å². The first-order valence-corrected chi connectivity index (χ1v) is 9.06. The van der Waals surface area contributed by atoms with Gasteiger partial charge in [0.1, 0.15) is 5.82 Å². The first-order chi connectivity index (χ1) is 11.3. The van der Waals surface area contributed by atoms with Gasteiger partial charge in [-0.1, -0.05) is 0 Å². The zero-order valence-electron chi connectivity index (χ0n) is 13.9. The van der Waals surface area contributed by atoms with E-state index in [1.807, 2.05) is 16.0 Å². The molecule has 0 radical (unpaired) electrons. The van der Waals surface area contributed by atoms with E-state index in [0.29, 0.717) is 12.5 Å². The van der Waals surface area contributed by atoms with Gasteiger partial charge in [0.05, 0.1) is 6.54 Å². The molecule has 126 valence electrons. The molecular formula is C17H27N5O. The zero-order valence-corrected chi connectivity index (χ0v) is 13.9. The average Bonchev–Trinajstić information content (AvgIpc) is 3.28. The van der Waals surface area contributed by atoms with Crippen molar-refractivity contribution in [3.05, 3.63) is 18.2 Å². The fourth-order valence-electron chi connectivity index (χ4n) is 4.24. The van der Waals surface area contributed by atoms with Crippen LogP contribution in [-0.4, -0.2) is 69.6 Å². The van der Waals surface area contributed by atoms with Gasteiger partial charge in [0.25, 0.3) is 0 Å². The SMILES string of the molecule is O=C(N1CCCC1)N1Cc2nccn2CC(CN2CCCC2)C1. The Morgan fingerprint density at radius 2 is 1.78 bits per heavy atom. The number of hydrogen-bond donors (Lipinski definition) is 0. The van der Waals surface area contributed by atoms with Gasteiger partial charge in [-0.05, 0) is 38.8 Å². The maximum atomic E-state index is 12.9. The minimum Gasteiger partial charge on any atom is -0.333 e. The van der Waals surface area contributed by atoms with E-state index in [2.05, 4.69) is 20.6 Å². The van der Waals surface area contributed by atoms with Crippen molar-refractivity contribution in [1.29, 1.82) is 0 Å². The Labute approximate surface area is 138 Å². The monoisotopic (exact) mass is 317 g/mol.